The third-order valence-electron chi connectivity index (χ3n) is 2.98. The molecule has 2 nitrogen and oxygen atoms in total. The van der Waals surface area contributed by atoms with Crippen molar-refractivity contribution >= 4 is 0 Å². The first-order valence-electron chi connectivity index (χ1n) is 4.93. The molecule has 13 heavy (non-hydrogen) atoms. The number of aliphatic hydroxyl groups excluding tert-OH is 1. The fraction of sp³-hybridized carbons (Fsp3) is 0.727. The van der Waals surface area contributed by atoms with Gasteiger partial charge in [0.2, 0.25) is 0 Å². The fourth-order valence-electron chi connectivity index (χ4n) is 1.95. The summed E-state index contributed by atoms with van der Waals surface area (Å²) in [4.78, 5) is 0. The Morgan fingerprint density at radius 1 is 1.54 bits per heavy atom. The van der Waals surface area contributed by atoms with Gasteiger partial charge in [0.1, 0.15) is 0 Å². The smallest absolute Gasteiger partial charge is 0.0689 e. The van der Waals surface area contributed by atoms with E-state index in [2.05, 4.69) is 12.6 Å². The molecule has 0 spiro atoms. The summed E-state index contributed by atoms with van der Waals surface area (Å²) < 4.78 is 0. The van der Waals surface area contributed by atoms with Gasteiger partial charge in [-0.2, -0.15) is 5.26 Å². The minimum absolute atomic E-state index is 0.173. The number of hydrogen-bond donors (Lipinski definition) is 1. The average molecular weight is 179 g/mol. The Kier molecular flexibility index (Phi) is 3.50. The van der Waals surface area contributed by atoms with E-state index in [-0.39, 0.29) is 11.5 Å². The molecule has 0 radical (unpaired) electrons. The molecule has 0 aromatic heterocycles. The standard InChI is InChI=1S/C11H17NO/c1-2-3-6-11(9-12)7-4-10(13)5-8-11/h2,10,13H,1,3-8H2. The van der Waals surface area contributed by atoms with E-state index >= 15 is 0 Å². The molecule has 0 aromatic rings. The van der Waals surface area contributed by atoms with Crippen LogP contribution in [0.2, 0.25) is 0 Å². The predicted octanol–water partition coefficient (Wildman–Crippen LogP) is 2.40. The topological polar surface area (TPSA) is 44.0 Å². The van der Waals surface area contributed by atoms with Crippen molar-refractivity contribution in [2.24, 2.45) is 5.41 Å². The van der Waals surface area contributed by atoms with Crippen LogP contribution in [0.25, 0.3) is 0 Å². The van der Waals surface area contributed by atoms with Gasteiger partial charge in [-0.3, -0.25) is 0 Å². The quantitative estimate of drug-likeness (QED) is 0.676. The summed E-state index contributed by atoms with van der Waals surface area (Å²) in [5, 5.41) is 18.4. The van der Waals surface area contributed by atoms with Gasteiger partial charge in [-0.1, -0.05) is 6.08 Å². The molecule has 0 unspecified atom stereocenters. The molecule has 1 aliphatic rings. The summed E-state index contributed by atoms with van der Waals surface area (Å²) in [6, 6.07) is 2.41. The molecular formula is C11H17NO. The number of hydrogen-bond acceptors (Lipinski definition) is 2. The van der Waals surface area contributed by atoms with Crippen LogP contribution in [0.15, 0.2) is 12.7 Å². The molecule has 0 aliphatic heterocycles. The summed E-state index contributed by atoms with van der Waals surface area (Å²) in [5.41, 5.74) is -0.173. The van der Waals surface area contributed by atoms with E-state index in [0.717, 1.165) is 38.5 Å². The maximum atomic E-state index is 9.33. The summed E-state index contributed by atoms with van der Waals surface area (Å²) in [7, 11) is 0. The van der Waals surface area contributed by atoms with E-state index < -0.39 is 0 Å². The van der Waals surface area contributed by atoms with Crippen molar-refractivity contribution in [1.82, 2.24) is 0 Å². The van der Waals surface area contributed by atoms with Crippen molar-refractivity contribution in [1.29, 1.82) is 5.26 Å². The molecule has 0 bridgehead atoms. The number of allylic oxidation sites excluding steroid dienone is 1. The Labute approximate surface area is 79.9 Å². The minimum atomic E-state index is -0.176. The molecular weight excluding hydrogens is 162 g/mol. The van der Waals surface area contributed by atoms with Gasteiger partial charge in [0.15, 0.2) is 0 Å². The number of rotatable bonds is 3. The van der Waals surface area contributed by atoms with Gasteiger partial charge < -0.3 is 5.11 Å². The SMILES string of the molecule is C=CCCC1(C#N)CCC(O)CC1. The van der Waals surface area contributed by atoms with Gasteiger partial charge in [0, 0.05) is 0 Å². The second-order valence-corrected chi connectivity index (χ2v) is 3.95. The molecule has 1 N–H and O–H groups in total. The van der Waals surface area contributed by atoms with Crippen LogP contribution in [0.1, 0.15) is 38.5 Å². The molecule has 2 heteroatoms. The Morgan fingerprint density at radius 3 is 2.62 bits per heavy atom. The molecule has 1 aliphatic carbocycles. The highest BCUT2D eigenvalue weighted by Gasteiger charge is 2.33. The van der Waals surface area contributed by atoms with Crippen LogP contribution in [0.4, 0.5) is 0 Å². The first-order valence-corrected chi connectivity index (χ1v) is 4.93. The van der Waals surface area contributed by atoms with E-state index in [1.165, 1.54) is 0 Å². The van der Waals surface area contributed by atoms with Crippen molar-refractivity contribution in [3.8, 4) is 6.07 Å². The maximum Gasteiger partial charge on any atom is 0.0689 e. The van der Waals surface area contributed by atoms with Gasteiger partial charge in [0.05, 0.1) is 17.6 Å². The average Bonchev–Trinajstić information content (AvgIpc) is 2.18. The number of nitrogens with zero attached hydrogens (tertiary/aromatic N) is 1. The predicted molar refractivity (Wildman–Crippen MR) is 52.0 cm³/mol. The monoisotopic (exact) mass is 179 g/mol. The van der Waals surface area contributed by atoms with Gasteiger partial charge in [-0.15, -0.1) is 6.58 Å². The highest BCUT2D eigenvalue weighted by molar-refractivity contribution is 5.02. The molecule has 0 aromatic carbocycles. The van der Waals surface area contributed by atoms with Crippen molar-refractivity contribution < 1.29 is 5.11 Å². The molecule has 0 atom stereocenters. The molecule has 1 saturated carbocycles. The van der Waals surface area contributed by atoms with E-state index in [0.29, 0.717) is 0 Å². The van der Waals surface area contributed by atoms with Gasteiger partial charge in [0.25, 0.3) is 0 Å². The van der Waals surface area contributed by atoms with Crippen LogP contribution in [0, 0.1) is 16.7 Å². The van der Waals surface area contributed by atoms with E-state index in [4.69, 9.17) is 5.26 Å². The largest absolute Gasteiger partial charge is 0.393 e. The third-order valence-corrected chi connectivity index (χ3v) is 2.98. The van der Waals surface area contributed by atoms with Crippen molar-refractivity contribution in [3.63, 3.8) is 0 Å². The highest BCUT2D eigenvalue weighted by atomic mass is 16.3. The van der Waals surface area contributed by atoms with E-state index in [1.54, 1.807) is 0 Å². The molecule has 0 saturated heterocycles. The summed E-state index contributed by atoms with van der Waals surface area (Å²) >= 11 is 0. The first-order chi connectivity index (χ1) is 6.22. The van der Waals surface area contributed by atoms with Crippen molar-refractivity contribution in [2.75, 3.05) is 0 Å². The highest BCUT2D eigenvalue weighted by Crippen LogP contribution is 2.39. The minimum Gasteiger partial charge on any atom is -0.393 e. The summed E-state index contributed by atoms with van der Waals surface area (Å²) in [5.74, 6) is 0. The fourth-order valence-corrected chi connectivity index (χ4v) is 1.95. The third kappa shape index (κ3) is 2.57. The molecule has 72 valence electrons. The Balaban J connectivity index is 2.51. The Hall–Kier alpha value is -0.810. The molecule has 1 rings (SSSR count). The second-order valence-electron chi connectivity index (χ2n) is 3.95. The second kappa shape index (κ2) is 4.43. The van der Waals surface area contributed by atoms with E-state index in [9.17, 15) is 5.11 Å². The van der Waals surface area contributed by atoms with Gasteiger partial charge in [-0.05, 0) is 38.5 Å². The zero-order valence-electron chi connectivity index (χ0n) is 8.00. The van der Waals surface area contributed by atoms with Crippen molar-refractivity contribution in [3.05, 3.63) is 12.7 Å². The van der Waals surface area contributed by atoms with Gasteiger partial charge >= 0.3 is 0 Å². The molecule has 0 amide bonds. The zero-order valence-corrected chi connectivity index (χ0v) is 8.00. The van der Waals surface area contributed by atoms with E-state index in [1.807, 2.05) is 6.08 Å². The Bertz CT molecular complexity index is 209. The Morgan fingerprint density at radius 2 is 2.15 bits per heavy atom. The van der Waals surface area contributed by atoms with Crippen LogP contribution < -0.4 is 0 Å². The van der Waals surface area contributed by atoms with Crippen LogP contribution in [0.5, 0.6) is 0 Å². The van der Waals surface area contributed by atoms with Crippen LogP contribution >= 0.6 is 0 Å². The van der Waals surface area contributed by atoms with Crippen LogP contribution in [-0.4, -0.2) is 11.2 Å². The number of aliphatic hydroxyl groups is 1. The zero-order chi connectivity index (χ0) is 9.73. The molecule has 1 fully saturated rings. The lowest BCUT2D eigenvalue weighted by Gasteiger charge is -2.32. The first kappa shape index (κ1) is 10.3. The summed E-state index contributed by atoms with van der Waals surface area (Å²) in [6.45, 7) is 3.67. The van der Waals surface area contributed by atoms with Crippen molar-refractivity contribution in [2.45, 2.75) is 44.6 Å². The maximum absolute atomic E-state index is 9.33. The van der Waals surface area contributed by atoms with Crippen LogP contribution in [0.3, 0.4) is 0 Å². The normalized spacial score (nSPS) is 33.7. The van der Waals surface area contributed by atoms with Gasteiger partial charge in [-0.25, -0.2) is 0 Å². The lowest BCUT2D eigenvalue weighted by atomic mass is 9.71. The lowest BCUT2D eigenvalue weighted by Crippen LogP contribution is -2.28. The summed E-state index contributed by atoms with van der Waals surface area (Å²) in [6.07, 6.45) is 6.75. The lowest BCUT2D eigenvalue weighted by molar-refractivity contribution is 0.0840. The number of nitriles is 1. The molecule has 0 heterocycles. The van der Waals surface area contributed by atoms with Crippen LogP contribution in [-0.2, 0) is 0 Å².